The Kier molecular flexibility index (Phi) is 4.67. The van der Waals surface area contributed by atoms with Crippen LogP contribution in [0.2, 0.25) is 0 Å². The minimum absolute atomic E-state index is 0.00466. The summed E-state index contributed by atoms with van der Waals surface area (Å²) in [6, 6.07) is 2.94. The summed E-state index contributed by atoms with van der Waals surface area (Å²) in [5.41, 5.74) is -2.24. The van der Waals surface area contributed by atoms with Gasteiger partial charge in [0, 0.05) is 4.47 Å². The molecule has 1 rings (SSSR count). The molecular weight excluding hydrogens is 345 g/mol. The molecule has 1 unspecified atom stereocenters. The average molecular weight is 356 g/mol. The molecule has 0 saturated heterocycles. The number of nitrogens with one attached hydrogen (secondary N) is 1. The van der Waals surface area contributed by atoms with Crippen LogP contribution in [0.3, 0.4) is 0 Å². The number of hydrogen-bond donors (Lipinski definition) is 3. The van der Waals surface area contributed by atoms with Crippen LogP contribution in [0.15, 0.2) is 27.6 Å². The summed E-state index contributed by atoms with van der Waals surface area (Å²) in [4.78, 5) is 10.4. The molecule has 0 saturated carbocycles. The van der Waals surface area contributed by atoms with Gasteiger partial charge in [0.15, 0.2) is 5.60 Å². The quantitative estimate of drug-likeness (QED) is 0.721. The van der Waals surface area contributed by atoms with Gasteiger partial charge in [-0.3, -0.25) is 0 Å². The molecule has 3 N–H and O–H groups in total. The van der Waals surface area contributed by atoms with Crippen molar-refractivity contribution in [2.45, 2.75) is 17.4 Å². The van der Waals surface area contributed by atoms with Crippen LogP contribution in [0.25, 0.3) is 0 Å². The van der Waals surface area contributed by atoms with Gasteiger partial charge >= 0.3 is 5.97 Å². The molecule has 6 nitrogen and oxygen atoms in total. The van der Waals surface area contributed by atoms with E-state index in [1.807, 2.05) is 4.72 Å². The first-order chi connectivity index (χ1) is 8.56. The first-order valence-electron chi connectivity index (χ1n) is 4.97. The van der Waals surface area contributed by atoms with Gasteiger partial charge < -0.3 is 10.2 Å². The third kappa shape index (κ3) is 3.96. The first-order valence-corrected chi connectivity index (χ1v) is 7.24. The van der Waals surface area contributed by atoms with Gasteiger partial charge in [-0.25, -0.2) is 22.3 Å². The van der Waals surface area contributed by atoms with E-state index < -0.39 is 34.0 Å². The van der Waals surface area contributed by atoms with Crippen LogP contribution >= 0.6 is 15.9 Å². The van der Waals surface area contributed by atoms with E-state index in [0.29, 0.717) is 0 Å². The van der Waals surface area contributed by atoms with E-state index in [4.69, 9.17) is 5.11 Å². The van der Waals surface area contributed by atoms with Crippen molar-refractivity contribution in [3.8, 4) is 0 Å². The van der Waals surface area contributed by atoms with Crippen LogP contribution in [-0.2, 0) is 14.8 Å². The molecule has 1 aromatic rings. The zero-order chi connectivity index (χ0) is 14.8. The molecule has 1 atom stereocenters. The molecule has 0 amide bonds. The maximum absolute atomic E-state index is 12.9. The number of benzene rings is 1. The number of rotatable bonds is 5. The highest BCUT2D eigenvalue weighted by atomic mass is 79.9. The molecule has 0 radical (unpaired) electrons. The van der Waals surface area contributed by atoms with Crippen LogP contribution < -0.4 is 4.72 Å². The minimum Gasteiger partial charge on any atom is -0.479 e. The Morgan fingerprint density at radius 3 is 2.58 bits per heavy atom. The summed E-state index contributed by atoms with van der Waals surface area (Å²) >= 11 is 2.89. The van der Waals surface area contributed by atoms with Gasteiger partial charge in [0.1, 0.15) is 5.82 Å². The first kappa shape index (κ1) is 16.0. The van der Waals surface area contributed by atoms with Gasteiger partial charge in [0.25, 0.3) is 0 Å². The lowest BCUT2D eigenvalue weighted by molar-refractivity contribution is -0.155. The van der Waals surface area contributed by atoms with Crippen molar-refractivity contribution >= 4 is 31.9 Å². The fourth-order valence-electron chi connectivity index (χ4n) is 1.08. The third-order valence-electron chi connectivity index (χ3n) is 2.25. The average Bonchev–Trinajstić information content (AvgIpc) is 2.26. The van der Waals surface area contributed by atoms with Crippen molar-refractivity contribution in [2.75, 3.05) is 6.54 Å². The van der Waals surface area contributed by atoms with Crippen molar-refractivity contribution in [3.63, 3.8) is 0 Å². The monoisotopic (exact) mass is 355 g/mol. The molecule has 0 aliphatic heterocycles. The van der Waals surface area contributed by atoms with Crippen LogP contribution in [0.4, 0.5) is 4.39 Å². The fourth-order valence-corrected chi connectivity index (χ4v) is 3.26. The van der Waals surface area contributed by atoms with Gasteiger partial charge in [-0.2, -0.15) is 0 Å². The van der Waals surface area contributed by atoms with E-state index in [1.165, 1.54) is 0 Å². The number of carboxylic acid groups (broad SMARTS) is 1. The Bertz CT molecular complexity index is 602. The van der Waals surface area contributed by atoms with Crippen LogP contribution in [-0.4, -0.2) is 36.7 Å². The standard InChI is InChI=1S/C10H11BrFNO5S/c1-10(16,9(14)15)5-13-19(17,18)8-3-2-6(12)4-7(8)11/h2-4,13,16H,5H2,1H3,(H,14,15). The molecule has 0 spiro atoms. The summed E-state index contributed by atoms with van der Waals surface area (Å²) in [7, 11) is -4.06. The zero-order valence-corrected chi connectivity index (χ0v) is 12.1. The van der Waals surface area contributed by atoms with Gasteiger partial charge in [0.05, 0.1) is 11.4 Å². The maximum Gasteiger partial charge on any atom is 0.336 e. The van der Waals surface area contributed by atoms with Gasteiger partial charge in [-0.15, -0.1) is 0 Å². The summed E-state index contributed by atoms with van der Waals surface area (Å²) in [5, 5.41) is 18.1. The van der Waals surface area contributed by atoms with Gasteiger partial charge in [-0.05, 0) is 41.1 Å². The summed E-state index contributed by atoms with van der Waals surface area (Å²) in [6.07, 6.45) is 0. The molecule has 1 aromatic carbocycles. The van der Waals surface area contributed by atoms with Crippen LogP contribution in [0.5, 0.6) is 0 Å². The molecular formula is C10H11BrFNO5S. The van der Waals surface area contributed by atoms with E-state index in [-0.39, 0.29) is 9.37 Å². The minimum atomic E-state index is -4.06. The van der Waals surface area contributed by atoms with E-state index in [9.17, 15) is 22.7 Å². The molecule has 0 heterocycles. The molecule has 0 aliphatic rings. The van der Waals surface area contributed by atoms with E-state index in [1.54, 1.807) is 0 Å². The molecule has 0 fully saturated rings. The highest BCUT2D eigenvalue weighted by molar-refractivity contribution is 9.10. The molecule has 106 valence electrons. The second-order valence-corrected chi connectivity index (χ2v) is 6.57. The zero-order valence-electron chi connectivity index (χ0n) is 9.72. The highest BCUT2D eigenvalue weighted by Gasteiger charge is 2.32. The normalized spacial score (nSPS) is 14.9. The second-order valence-electron chi connectivity index (χ2n) is 3.98. The summed E-state index contributed by atoms with van der Waals surface area (Å²) in [6.45, 7) is 0.242. The number of hydrogen-bond acceptors (Lipinski definition) is 4. The Hall–Kier alpha value is -1.03. The summed E-state index contributed by atoms with van der Waals surface area (Å²) < 4.78 is 38.5. The van der Waals surface area contributed by atoms with E-state index >= 15 is 0 Å². The topological polar surface area (TPSA) is 104 Å². The number of aliphatic hydroxyl groups is 1. The van der Waals surface area contributed by atoms with Crippen molar-refractivity contribution in [1.82, 2.24) is 4.72 Å². The smallest absolute Gasteiger partial charge is 0.336 e. The Morgan fingerprint density at radius 1 is 1.53 bits per heavy atom. The molecule has 0 aromatic heterocycles. The Balaban J connectivity index is 2.97. The predicted octanol–water partition coefficient (Wildman–Crippen LogP) is 0.702. The van der Waals surface area contributed by atoms with E-state index in [2.05, 4.69) is 15.9 Å². The van der Waals surface area contributed by atoms with Gasteiger partial charge in [-0.1, -0.05) is 0 Å². The lowest BCUT2D eigenvalue weighted by Crippen LogP contribution is -2.46. The van der Waals surface area contributed by atoms with Crippen molar-refractivity contribution in [1.29, 1.82) is 0 Å². The second kappa shape index (κ2) is 5.53. The largest absolute Gasteiger partial charge is 0.479 e. The number of carbonyl (C=O) groups is 1. The number of sulfonamides is 1. The number of aliphatic carboxylic acids is 1. The van der Waals surface area contributed by atoms with Crippen molar-refractivity contribution in [3.05, 3.63) is 28.5 Å². The third-order valence-corrected chi connectivity index (χ3v) is 4.63. The van der Waals surface area contributed by atoms with Crippen LogP contribution in [0, 0.1) is 5.82 Å². The number of carboxylic acids is 1. The lowest BCUT2D eigenvalue weighted by Gasteiger charge is -2.18. The molecule has 19 heavy (non-hydrogen) atoms. The number of halogens is 2. The predicted molar refractivity (Wildman–Crippen MR) is 67.5 cm³/mol. The highest BCUT2D eigenvalue weighted by Crippen LogP contribution is 2.22. The Morgan fingerprint density at radius 2 is 2.11 bits per heavy atom. The summed E-state index contributed by atoms with van der Waals surface area (Å²) in [5.74, 6) is -2.18. The molecule has 0 aliphatic carbocycles. The van der Waals surface area contributed by atoms with Crippen molar-refractivity contribution in [2.24, 2.45) is 0 Å². The van der Waals surface area contributed by atoms with E-state index in [0.717, 1.165) is 25.1 Å². The van der Waals surface area contributed by atoms with Crippen molar-refractivity contribution < 1.29 is 27.8 Å². The lowest BCUT2D eigenvalue weighted by atomic mass is 10.1. The van der Waals surface area contributed by atoms with Gasteiger partial charge in [0.2, 0.25) is 10.0 Å². The molecule has 9 heteroatoms. The van der Waals surface area contributed by atoms with Crippen LogP contribution in [0.1, 0.15) is 6.92 Å². The maximum atomic E-state index is 12.9. The Labute approximate surface area is 117 Å². The molecule has 0 bridgehead atoms. The SMILES string of the molecule is CC(O)(CNS(=O)(=O)c1ccc(F)cc1Br)C(=O)O. The fraction of sp³-hybridized carbons (Fsp3) is 0.300.